The summed E-state index contributed by atoms with van der Waals surface area (Å²) in [5, 5.41) is 4.61. The van der Waals surface area contributed by atoms with Gasteiger partial charge in [-0.25, -0.2) is 0 Å². The Balaban J connectivity index is 2.05. The van der Waals surface area contributed by atoms with E-state index in [1.807, 2.05) is 4.68 Å². The second-order valence-electron chi connectivity index (χ2n) is 5.04. The van der Waals surface area contributed by atoms with Crippen molar-refractivity contribution in [3.63, 3.8) is 0 Å². The van der Waals surface area contributed by atoms with Gasteiger partial charge in [0.05, 0.1) is 5.69 Å². The Morgan fingerprint density at radius 2 is 2.13 bits per heavy atom. The maximum absolute atomic E-state index is 4.61. The van der Waals surface area contributed by atoms with Crippen molar-refractivity contribution in [2.24, 2.45) is 5.41 Å². The van der Waals surface area contributed by atoms with Crippen molar-refractivity contribution in [1.82, 2.24) is 9.78 Å². The average Bonchev–Trinajstić information content (AvgIpc) is 2.76. The van der Waals surface area contributed by atoms with Gasteiger partial charge in [-0.1, -0.05) is 22.9 Å². The molecule has 0 aromatic carbocycles. The SMILES string of the molecule is CC(C)n1ccc(CC2(C(C)Br)CC2)n1. The maximum atomic E-state index is 4.61. The van der Waals surface area contributed by atoms with Crippen molar-refractivity contribution < 1.29 is 0 Å². The molecule has 1 aromatic rings. The monoisotopic (exact) mass is 270 g/mol. The molecule has 2 nitrogen and oxygen atoms in total. The van der Waals surface area contributed by atoms with Gasteiger partial charge in [-0.15, -0.1) is 0 Å². The molecule has 1 heterocycles. The molecule has 0 saturated heterocycles. The molecule has 1 atom stereocenters. The van der Waals surface area contributed by atoms with E-state index in [4.69, 9.17) is 0 Å². The molecular formula is C12H19BrN2. The van der Waals surface area contributed by atoms with E-state index in [2.05, 4.69) is 54.1 Å². The molecule has 1 aliphatic rings. The van der Waals surface area contributed by atoms with Crippen LogP contribution in [-0.2, 0) is 6.42 Å². The lowest BCUT2D eigenvalue weighted by Gasteiger charge is -2.16. The molecule has 3 heteroatoms. The van der Waals surface area contributed by atoms with Crippen LogP contribution in [0.2, 0.25) is 0 Å². The molecule has 1 aliphatic carbocycles. The molecule has 0 spiro atoms. The van der Waals surface area contributed by atoms with Crippen LogP contribution in [0, 0.1) is 5.41 Å². The molecule has 0 bridgehead atoms. The summed E-state index contributed by atoms with van der Waals surface area (Å²) < 4.78 is 2.05. The Morgan fingerprint density at radius 3 is 2.53 bits per heavy atom. The second-order valence-corrected chi connectivity index (χ2v) is 6.41. The van der Waals surface area contributed by atoms with Gasteiger partial charge in [0.1, 0.15) is 0 Å². The average molecular weight is 271 g/mol. The summed E-state index contributed by atoms with van der Waals surface area (Å²) in [7, 11) is 0. The van der Waals surface area contributed by atoms with Crippen molar-refractivity contribution in [3.05, 3.63) is 18.0 Å². The summed E-state index contributed by atoms with van der Waals surface area (Å²) in [5.41, 5.74) is 1.74. The minimum absolute atomic E-state index is 0.468. The number of halogens is 1. The minimum atomic E-state index is 0.468. The zero-order valence-electron chi connectivity index (χ0n) is 9.70. The van der Waals surface area contributed by atoms with E-state index in [-0.39, 0.29) is 0 Å². The van der Waals surface area contributed by atoms with Crippen LogP contribution in [0.5, 0.6) is 0 Å². The fourth-order valence-electron chi connectivity index (χ4n) is 2.00. The molecule has 0 N–H and O–H groups in total. The lowest BCUT2D eigenvalue weighted by molar-refractivity contribution is 0.481. The smallest absolute Gasteiger partial charge is 0.0630 e. The van der Waals surface area contributed by atoms with Crippen LogP contribution >= 0.6 is 15.9 Å². The Hall–Kier alpha value is -0.310. The van der Waals surface area contributed by atoms with Crippen LogP contribution in [0.25, 0.3) is 0 Å². The number of hydrogen-bond donors (Lipinski definition) is 0. The summed E-state index contributed by atoms with van der Waals surface area (Å²) in [6.07, 6.45) is 5.90. The minimum Gasteiger partial charge on any atom is -0.270 e. The van der Waals surface area contributed by atoms with Crippen molar-refractivity contribution in [1.29, 1.82) is 0 Å². The number of aromatic nitrogens is 2. The molecule has 0 amide bonds. The van der Waals surface area contributed by atoms with Crippen LogP contribution in [-0.4, -0.2) is 14.6 Å². The summed E-state index contributed by atoms with van der Waals surface area (Å²) in [5.74, 6) is 0. The van der Waals surface area contributed by atoms with Gasteiger partial charge in [-0.3, -0.25) is 4.68 Å². The predicted molar refractivity (Wildman–Crippen MR) is 66.4 cm³/mol. The van der Waals surface area contributed by atoms with Gasteiger partial charge in [0.15, 0.2) is 0 Å². The van der Waals surface area contributed by atoms with Gasteiger partial charge in [0.2, 0.25) is 0 Å². The Bertz CT molecular complexity index is 337. The van der Waals surface area contributed by atoms with E-state index in [1.165, 1.54) is 18.5 Å². The summed E-state index contributed by atoms with van der Waals surface area (Å²) >= 11 is 3.72. The van der Waals surface area contributed by atoms with Crippen LogP contribution in [0.15, 0.2) is 12.3 Å². The fraction of sp³-hybridized carbons (Fsp3) is 0.750. The molecule has 0 aliphatic heterocycles. The van der Waals surface area contributed by atoms with Crippen LogP contribution in [0.1, 0.15) is 45.3 Å². The van der Waals surface area contributed by atoms with Gasteiger partial charge in [0, 0.05) is 17.1 Å². The summed E-state index contributed by atoms with van der Waals surface area (Å²) in [4.78, 5) is 0.606. The Labute approximate surface area is 100 Å². The van der Waals surface area contributed by atoms with E-state index in [9.17, 15) is 0 Å². The molecular weight excluding hydrogens is 252 g/mol. The highest BCUT2D eigenvalue weighted by Gasteiger charge is 2.46. The first kappa shape index (κ1) is 11.2. The first-order valence-electron chi connectivity index (χ1n) is 5.72. The summed E-state index contributed by atoms with van der Waals surface area (Å²) in [6.45, 7) is 6.58. The number of hydrogen-bond acceptors (Lipinski definition) is 1. The molecule has 2 rings (SSSR count). The third-order valence-corrected chi connectivity index (χ3v) is 4.43. The second kappa shape index (κ2) is 3.93. The zero-order valence-corrected chi connectivity index (χ0v) is 11.3. The van der Waals surface area contributed by atoms with Crippen molar-refractivity contribution >= 4 is 15.9 Å². The molecule has 84 valence electrons. The molecule has 1 fully saturated rings. The highest BCUT2D eigenvalue weighted by atomic mass is 79.9. The Kier molecular flexibility index (Phi) is 2.93. The highest BCUT2D eigenvalue weighted by molar-refractivity contribution is 9.09. The topological polar surface area (TPSA) is 17.8 Å². The maximum Gasteiger partial charge on any atom is 0.0630 e. The standard InChI is InChI=1S/C12H19BrN2/c1-9(2)15-7-4-11(14-15)8-12(5-6-12)10(3)13/h4,7,9-10H,5-6,8H2,1-3H3. The first-order valence-corrected chi connectivity index (χ1v) is 6.63. The van der Waals surface area contributed by atoms with Crippen molar-refractivity contribution in [2.45, 2.75) is 50.9 Å². The van der Waals surface area contributed by atoms with Crippen LogP contribution < -0.4 is 0 Å². The van der Waals surface area contributed by atoms with Gasteiger partial charge in [-0.05, 0) is 44.6 Å². The van der Waals surface area contributed by atoms with E-state index < -0.39 is 0 Å². The number of nitrogens with zero attached hydrogens (tertiary/aromatic N) is 2. The third-order valence-electron chi connectivity index (χ3n) is 3.46. The highest BCUT2D eigenvalue weighted by Crippen LogP contribution is 2.53. The fourth-order valence-corrected chi connectivity index (χ4v) is 2.62. The van der Waals surface area contributed by atoms with E-state index >= 15 is 0 Å². The van der Waals surface area contributed by atoms with Crippen molar-refractivity contribution in [3.8, 4) is 0 Å². The third kappa shape index (κ3) is 2.27. The predicted octanol–water partition coefficient (Wildman–Crippen LogP) is 3.57. The number of rotatable bonds is 4. The normalized spacial score (nSPS) is 20.6. The molecule has 1 unspecified atom stereocenters. The van der Waals surface area contributed by atoms with E-state index in [1.54, 1.807) is 0 Å². The lowest BCUT2D eigenvalue weighted by Crippen LogP contribution is -2.16. The molecule has 15 heavy (non-hydrogen) atoms. The van der Waals surface area contributed by atoms with E-state index in [0.717, 1.165) is 6.42 Å². The van der Waals surface area contributed by atoms with Gasteiger partial charge >= 0.3 is 0 Å². The van der Waals surface area contributed by atoms with E-state index in [0.29, 0.717) is 16.3 Å². The molecule has 0 radical (unpaired) electrons. The first-order chi connectivity index (χ1) is 7.03. The van der Waals surface area contributed by atoms with Gasteiger partial charge < -0.3 is 0 Å². The van der Waals surface area contributed by atoms with Gasteiger partial charge in [-0.2, -0.15) is 5.10 Å². The Morgan fingerprint density at radius 1 is 1.47 bits per heavy atom. The van der Waals surface area contributed by atoms with Crippen LogP contribution in [0.3, 0.4) is 0 Å². The lowest BCUT2D eigenvalue weighted by atomic mass is 9.97. The molecule has 1 saturated carbocycles. The van der Waals surface area contributed by atoms with Gasteiger partial charge in [0.25, 0.3) is 0 Å². The quantitative estimate of drug-likeness (QED) is 0.765. The molecule has 1 aromatic heterocycles. The summed E-state index contributed by atoms with van der Waals surface area (Å²) in [6, 6.07) is 2.63. The van der Waals surface area contributed by atoms with Crippen LogP contribution in [0.4, 0.5) is 0 Å². The zero-order chi connectivity index (χ0) is 11.1. The van der Waals surface area contributed by atoms with Crippen molar-refractivity contribution in [2.75, 3.05) is 0 Å². The largest absolute Gasteiger partial charge is 0.270 e. The number of alkyl halides is 1.